The van der Waals surface area contributed by atoms with Gasteiger partial charge in [0.2, 0.25) is 0 Å². The number of rotatable bonds is 3. The van der Waals surface area contributed by atoms with Gasteiger partial charge in [-0.2, -0.15) is 0 Å². The Labute approximate surface area is 151 Å². The van der Waals surface area contributed by atoms with Crippen LogP contribution in [0.1, 0.15) is 39.8 Å². The minimum Gasteiger partial charge on any atom is -0.497 e. The Balaban J connectivity index is 1.65. The minimum atomic E-state index is 0.0814. The van der Waals surface area contributed by atoms with Gasteiger partial charge >= 0.3 is 0 Å². The van der Waals surface area contributed by atoms with E-state index in [-0.39, 0.29) is 11.9 Å². The van der Waals surface area contributed by atoms with Crippen molar-refractivity contribution in [3.63, 3.8) is 0 Å². The van der Waals surface area contributed by atoms with Gasteiger partial charge in [-0.25, -0.2) is 4.98 Å². The average Bonchev–Trinajstić information content (AvgIpc) is 3.26. The lowest BCUT2D eigenvalue weighted by Gasteiger charge is -2.25. The first kappa shape index (κ1) is 16.1. The Morgan fingerprint density at radius 3 is 3.00 bits per heavy atom. The first-order chi connectivity index (χ1) is 12.2. The number of hydrogen-bond acceptors (Lipinski definition) is 4. The smallest absolute Gasteiger partial charge is 0.254 e. The number of fused-ring (bicyclic) bond motifs is 1. The fraction of sp³-hybridized carbons (Fsp3) is 0.300. The summed E-state index contributed by atoms with van der Waals surface area (Å²) < 4.78 is 6.46. The molecule has 1 aliphatic heterocycles. The second kappa shape index (κ2) is 6.48. The normalized spacial score (nSPS) is 17.2. The van der Waals surface area contributed by atoms with Crippen LogP contribution in [0.2, 0.25) is 0 Å². The van der Waals surface area contributed by atoms with Crippen molar-refractivity contribution in [3.8, 4) is 5.75 Å². The van der Waals surface area contributed by atoms with E-state index in [9.17, 15) is 4.79 Å². The van der Waals surface area contributed by atoms with E-state index in [0.717, 1.165) is 45.9 Å². The first-order valence-corrected chi connectivity index (χ1v) is 9.29. The highest BCUT2D eigenvalue weighted by atomic mass is 32.1. The summed E-state index contributed by atoms with van der Waals surface area (Å²) in [4.78, 5) is 19.6. The summed E-state index contributed by atoms with van der Waals surface area (Å²) in [6, 6.07) is 14.0. The molecule has 0 spiro atoms. The number of carbonyl (C=O) groups is 1. The highest BCUT2D eigenvalue weighted by Crippen LogP contribution is 2.35. The third kappa shape index (κ3) is 3.00. The van der Waals surface area contributed by atoms with E-state index >= 15 is 0 Å². The Morgan fingerprint density at radius 2 is 2.16 bits per heavy atom. The molecular formula is C20H20N2O2S. The van der Waals surface area contributed by atoms with Crippen molar-refractivity contribution in [2.75, 3.05) is 13.7 Å². The molecule has 1 amide bonds. The summed E-state index contributed by atoms with van der Waals surface area (Å²) in [6.45, 7) is 2.78. The van der Waals surface area contributed by atoms with Crippen molar-refractivity contribution in [3.05, 3.63) is 58.6 Å². The molecule has 25 heavy (non-hydrogen) atoms. The summed E-state index contributed by atoms with van der Waals surface area (Å²) in [5.74, 6) is 0.911. The summed E-state index contributed by atoms with van der Waals surface area (Å²) in [5.41, 5.74) is 2.76. The summed E-state index contributed by atoms with van der Waals surface area (Å²) in [7, 11) is 1.67. The van der Waals surface area contributed by atoms with E-state index in [1.54, 1.807) is 18.4 Å². The largest absolute Gasteiger partial charge is 0.497 e. The van der Waals surface area contributed by atoms with Gasteiger partial charge in [0.05, 0.1) is 28.4 Å². The van der Waals surface area contributed by atoms with Gasteiger partial charge in [0.1, 0.15) is 5.75 Å². The molecule has 128 valence electrons. The third-order valence-corrected chi connectivity index (χ3v) is 5.69. The van der Waals surface area contributed by atoms with Gasteiger partial charge in [-0.05, 0) is 55.7 Å². The highest BCUT2D eigenvalue weighted by molar-refractivity contribution is 7.18. The molecule has 0 N–H and O–H groups in total. The molecule has 5 heteroatoms. The zero-order chi connectivity index (χ0) is 17.4. The van der Waals surface area contributed by atoms with Gasteiger partial charge in [0.15, 0.2) is 0 Å². The van der Waals surface area contributed by atoms with Gasteiger partial charge in [0.25, 0.3) is 5.91 Å². The molecule has 1 atom stereocenters. The fourth-order valence-electron chi connectivity index (χ4n) is 3.55. The predicted molar refractivity (Wildman–Crippen MR) is 100 cm³/mol. The maximum Gasteiger partial charge on any atom is 0.254 e. The number of benzene rings is 2. The number of carbonyl (C=O) groups excluding carboxylic acids is 1. The van der Waals surface area contributed by atoms with Crippen molar-refractivity contribution in [1.82, 2.24) is 9.88 Å². The zero-order valence-corrected chi connectivity index (χ0v) is 15.2. The van der Waals surface area contributed by atoms with Crippen molar-refractivity contribution >= 4 is 27.5 Å². The molecule has 0 radical (unpaired) electrons. The number of hydrogen-bond donors (Lipinski definition) is 0. The number of aromatic nitrogens is 1. The molecule has 0 unspecified atom stereocenters. The summed E-state index contributed by atoms with van der Waals surface area (Å²) in [5, 5.41) is 1.02. The average molecular weight is 352 g/mol. The number of ether oxygens (including phenoxy) is 1. The van der Waals surface area contributed by atoms with Crippen LogP contribution in [-0.2, 0) is 0 Å². The maximum atomic E-state index is 13.1. The third-order valence-electron chi connectivity index (χ3n) is 4.73. The molecule has 4 rings (SSSR count). The molecule has 4 nitrogen and oxygen atoms in total. The number of nitrogens with zero attached hydrogens (tertiary/aromatic N) is 2. The number of amides is 1. The summed E-state index contributed by atoms with van der Waals surface area (Å²) in [6.07, 6.45) is 2.00. The monoisotopic (exact) mass is 352 g/mol. The predicted octanol–water partition coefficient (Wildman–Crippen LogP) is 4.59. The molecule has 1 aliphatic rings. The number of likely N-dealkylation sites (tertiary alicyclic amines) is 1. The van der Waals surface area contributed by atoms with Crippen LogP contribution in [0.15, 0.2) is 42.5 Å². The molecule has 1 aromatic heterocycles. The fourth-order valence-corrected chi connectivity index (χ4v) is 4.35. The zero-order valence-electron chi connectivity index (χ0n) is 14.4. The van der Waals surface area contributed by atoms with Gasteiger partial charge in [0, 0.05) is 12.1 Å². The Hall–Kier alpha value is -2.40. The van der Waals surface area contributed by atoms with E-state index in [2.05, 4.69) is 11.1 Å². The number of thiazole rings is 1. The number of aryl methyl sites for hydroxylation is 1. The quantitative estimate of drug-likeness (QED) is 0.692. The van der Waals surface area contributed by atoms with Crippen LogP contribution in [0.25, 0.3) is 10.2 Å². The number of methoxy groups -OCH3 is 1. The van der Waals surface area contributed by atoms with Crippen molar-refractivity contribution in [1.29, 1.82) is 0 Å². The van der Waals surface area contributed by atoms with E-state index in [4.69, 9.17) is 4.74 Å². The van der Waals surface area contributed by atoms with E-state index in [0.29, 0.717) is 5.56 Å². The van der Waals surface area contributed by atoms with Crippen LogP contribution in [0.5, 0.6) is 5.75 Å². The second-order valence-corrected chi connectivity index (χ2v) is 7.58. The Morgan fingerprint density at radius 1 is 1.28 bits per heavy atom. The summed E-state index contributed by atoms with van der Waals surface area (Å²) >= 11 is 1.66. The Kier molecular flexibility index (Phi) is 4.17. The lowest BCUT2D eigenvalue weighted by Crippen LogP contribution is -2.30. The lowest BCUT2D eigenvalue weighted by molar-refractivity contribution is 0.0735. The molecule has 1 saturated heterocycles. The molecule has 2 aromatic carbocycles. The van der Waals surface area contributed by atoms with Crippen LogP contribution >= 0.6 is 11.3 Å². The van der Waals surface area contributed by atoms with Crippen LogP contribution in [0.4, 0.5) is 0 Å². The molecular weight excluding hydrogens is 332 g/mol. The van der Waals surface area contributed by atoms with Gasteiger partial charge in [-0.3, -0.25) is 4.79 Å². The van der Waals surface area contributed by atoms with Crippen molar-refractivity contribution in [2.24, 2.45) is 0 Å². The minimum absolute atomic E-state index is 0.0814. The van der Waals surface area contributed by atoms with Crippen LogP contribution in [0.3, 0.4) is 0 Å². The highest BCUT2D eigenvalue weighted by Gasteiger charge is 2.31. The molecule has 2 heterocycles. The van der Waals surface area contributed by atoms with Gasteiger partial charge in [-0.15, -0.1) is 11.3 Å². The standard InChI is InChI=1S/C20H20N2O2S/c1-13-21-17-12-15(8-9-19(17)25-13)20(23)22-10-4-7-18(22)14-5-3-6-16(11-14)24-2/h3,5-6,8-9,11-12,18H,4,7,10H2,1-2H3/t18-/m0/s1. The van der Waals surface area contributed by atoms with Gasteiger partial charge in [-0.1, -0.05) is 12.1 Å². The van der Waals surface area contributed by atoms with Gasteiger partial charge < -0.3 is 9.64 Å². The molecule has 0 aliphatic carbocycles. The molecule has 0 bridgehead atoms. The van der Waals surface area contributed by atoms with Crippen LogP contribution < -0.4 is 4.74 Å². The maximum absolute atomic E-state index is 13.1. The molecule has 0 saturated carbocycles. The first-order valence-electron chi connectivity index (χ1n) is 8.48. The second-order valence-electron chi connectivity index (χ2n) is 6.35. The topological polar surface area (TPSA) is 42.4 Å². The molecule has 3 aromatic rings. The lowest BCUT2D eigenvalue weighted by atomic mass is 10.0. The van der Waals surface area contributed by atoms with E-state index in [1.165, 1.54) is 0 Å². The van der Waals surface area contributed by atoms with Crippen LogP contribution in [-0.4, -0.2) is 29.4 Å². The Bertz CT molecular complexity index is 934. The van der Waals surface area contributed by atoms with E-state index in [1.807, 2.05) is 48.2 Å². The molecule has 1 fully saturated rings. The van der Waals surface area contributed by atoms with Crippen molar-refractivity contribution < 1.29 is 9.53 Å². The van der Waals surface area contributed by atoms with Crippen molar-refractivity contribution in [2.45, 2.75) is 25.8 Å². The SMILES string of the molecule is COc1cccc([C@@H]2CCCN2C(=O)c2ccc3sc(C)nc3c2)c1. The van der Waals surface area contributed by atoms with Crippen LogP contribution in [0, 0.1) is 6.92 Å². The van der Waals surface area contributed by atoms with E-state index < -0.39 is 0 Å².